The summed E-state index contributed by atoms with van der Waals surface area (Å²) in [5.74, 6) is 0. The molecular formula is C4H4BrNOSn. The predicted octanol–water partition coefficient (Wildman–Crippen LogP) is 0.289. The van der Waals surface area contributed by atoms with Gasteiger partial charge in [0.1, 0.15) is 0 Å². The fourth-order valence-electron chi connectivity index (χ4n) is 0.414. The van der Waals surface area contributed by atoms with Crippen LogP contribution in [0.4, 0.5) is 0 Å². The van der Waals surface area contributed by atoms with Crippen LogP contribution in [0.1, 0.15) is 0 Å². The van der Waals surface area contributed by atoms with Crippen molar-refractivity contribution in [1.82, 2.24) is 0 Å². The third-order valence-corrected chi connectivity index (χ3v) is 5.04. The first-order chi connectivity index (χ1) is 3.84. The van der Waals surface area contributed by atoms with E-state index in [0.29, 0.717) is 0 Å². The Hall–Kier alpha value is 0.649. The zero-order valence-electron chi connectivity index (χ0n) is 4.06. The SMILES string of the molecule is OCC1=[N][Sn][CH]=C1Br. The Morgan fingerprint density at radius 1 is 1.88 bits per heavy atom. The summed E-state index contributed by atoms with van der Waals surface area (Å²) in [5.41, 5.74) is 0.830. The molecule has 0 saturated heterocycles. The van der Waals surface area contributed by atoms with Crippen LogP contribution < -0.4 is 0 Å². The number of aliphatic hydroxyl groups excluding tert-OH is 1. The van der Waals surface area contributed by atoms with E-state index in [-0.39, 0.29) is 6.61 Å². The number of hydrogen-bond donors (Lipinski definition) is 1. The molecule has 0 aromatic heterocycles. The van der Waals surface area contributed by atoms with Gasteiger partial charge in [-0.05, 0) is 0 Å². The fraction of sp³-hybridized carbons (Fsp3) is 0.250. The van der Waals surface area contributed by atoms with Gasteiger partial charge < -0.3 is 0 Å². The van der Waals surface area contributed by atoms with E-state index in [1.165, 1.54) is 0 Å². The number of aliphatic hydroxyl groups is 1. The summed E-state index contributed by atoms with van der Waals surface area (Å²) < 4.78 is 7.23. The van der Waals surface area contributed by atoms with Crippen LogP contribution in [0.25, 0.3) is 0 Å². The fourth-order valence-corrected chi connectivity index (χ4v) is 3.76. The topological polar surface area (TPSA) is 32.6 Å². The van der Waals surface area contributed by atoms with Crippen LogP contribution in [0.5, 0.6) is 0 Å². The second-order valence-corrected chi connectivity index (χ2v) is 4.39. The van der Waals surface area contributed by atoms with E-state index in [9.17, 15) is 0 Å². The standard InChI is InChI=1S/C4H4BrNO.Sn/c1-3(5)4(6)2-7;/h1,7H,2H2;/q-1;+1. The monoisotopic (exact) mass is 281 g/mol. The van der Waals surface area contributed by atoms with Gasteiger partial charge in [-0.15, -0.1) is 0 Å². The molecule has 1 rings (SSSR count). The Morgan fingerprint density at radius 2 is 2.62 bits per heavy atom. The molecule has 0 bridgehead atoms. The van der Waals surface area contributed by atoms with Crippen LogP contribution in [-0.2, 0) is 0 Å². The van der Waals surface area contributed by atoms with Gasteiger partial charge in [0.2, 0.25) is 0 Å². The molecule has 2 nitrogen and oxygen atoms in total. The van der Waals surface area contributed by atoms with Crippen LogP contribution in [-0.4, -0.2) is 38.8 Å². The molecule has 1 N–H and O–H groups in total. The third-order valence-electron chi connectivity index (χ3n) is 0.816. The van der Waals surface area contributed by atoms with Gasteiger partial charge in [0.25, 0.3) is 0 Å². The number of nitrogens with zero attached hydrogens (tertiary/aromatic N) is 1. The normalized spacial score (nSPS) is 18.2. The molecule has 0 unspecified atom stereocenters. The first kappa shape index (κ1) is 6.76. The molecule has 0 saturated carbocycles. The van der Waals surface area contributed by atoms with E-state index in [0.717, 1.165) is 10.2 Å². The Kier molecular flexibility index (Phi) is 2.52. The van der Waals surface area contributed by atoms with Gasteiger partial charge in [0.05, 0.1) is 0 Å². The van der Waals surface area contributed by atoms with Crippen LogP contribution in [0, 0.1) is 0 Å². The molecule has 0 atom stereocenters. The number of rotatable bonds is 1. The maximum absolute atomic E-state index is 8.56. The molecule has 2 radical (unpaired) electrons. The molecular weight excluding hydrogens is 277 g/mol. The van der Waals surface area contributed by atoms with E-state index in [4.69, 9.17) is 5.11 Å². The predicted molar refractivity (Wildman–Crippen MR) is 37.3 cm³/mol. The zero-order chi connectivity index (χ0) is 5.98. The summed E-state index contributed by atoms with van der Waals surface area (Å²) in [5, 5.41) is 8.56. The summed E-state index contributed by atoms with van der Waals surface area (Å²) in [4.78, 5) is 0. The van der Waals surface area contributed by atoms with Crippen LogP contribution in [0.2, 0.25) is 0 Å². The summed E-state index contributed by atoms with van der Waals surface area (Å²) >= 11 is 2.70. The van der Waals surface area contributed by atoms with Crippen molar-refractivity contribution in [2.75, 3.05) is 6.61 Å². The number of halogens is 1. The maximum atomic E-state index is 8.56. The summed E-state index contributed by atoms with van der Waals surface area (Å²) in [6.07, 6.45) is 0. The molecule has 8 heavy (non-hydrogen) atoms. The van der Waals surface area contributed by atoms with E-state index >= 15 is 0 Å². The Bertz CT molecular complexity index is 154. The zero-order valence-corrected chi connectivity index (χ0v) is 8.50. The van der Waals surface area contributed by atoms with Crippen molar-refractivity contribution in [2.45, 2.75) is 0 Å². The molecule has 0 aromatic carbocycles. The summed E-state index contributed by atoms with van der Waals surface area (Å²) in [6.45, 7) is 0.0813. The first-order valence-corrected chi connectivity index (χ1v) is 5.85. The van der Waals surface area contributed by atoms with Crippen LogP contribution >= 0.6 is 15.9 Å². The van der Waals surface area contributed by atoms with Crippen molar-refractivity contribution in [2.24, 2.45) is 3.21 Å². The Morgan fingerprint density at radius 3 is 2.88 bits per heavy atom. The van der Waals surface area contributed by atoms with E-state index in [2.05, 4.69) is 23.2 Å². The molecule has 0 aliphatic carbocycles. The summed E-state index contributed by atoms with van der Waals surface area (Å²) in [6, 6.07) is 0. The quantitative estimate of drug-likeness (QED) is 0.688. The molecule has 0 amide bonds. The van der Waals surface area contributed by atoms with Gasteiger partial charge in [0.15, 0.2) is 0 Å². The van der Waals surface area contributed by atoms with Crippen molar-refractivity contribution in [3.8, 4) is 0 Å². The molecule has 1 heterocycles. The molecule has 1 aliphatic heterocycles. The summed E-state index contributed by atoms with van der Waals surface area (Å²) in [7, 11) is 0. The number of hydrogen-bond acceptors (Lipinski definition) is 2. The Labute approximate surface area is 66.4 Å². The molecule has 1 aliphatic rings. The average molecular weight is 281 g/mol. The van der Waals surface area contributed by atoms with Gasteiger partial charge in [-0.25, -0.2) is 0 Å². The van der Waals surface area contributed by atoms with E-state index < -0.39 is 21.4 Å². The second kappa shape index (κ2) is 2.98. The van der Waals surface area contributed by atoms with Gasteiger partial charge in [-0.3, -0.25) is 0 Å². The van der Waals surface area contributed by atoms with E-state index in [1.54, 1.807) is 0 Å². The molecule has 0 aromatic rings. The van der Waals surface area contributed by atoms with E-state index in [1.807, 2.05) is 0 Å². The van der Waals surface area contributed by atoms with Crippen molar-refractivity contribution >= 4 is 43.1 Å². The molecule has 42 valence electrons. The van der Waals surface area contributed by atoms with Gasteiger partial charge in [-0.2, -0.15) is 0 Å². The second-order valence-electron chi connectivity index (χ2n) is 1.34. The first-order valence-electron chi connectivity index (χ1n) is 2.13. The van der Waals surface area contributed by atoms with Crippen molar-refractivity contribution < 1.29 is 5.11 Å². The van der Waals surface area contributed by atoms with Crippen molar-refractivity contribution in [1.29, 1.82) is 0 Å². The molecule has 0 spiro atoms. The van der Waals surface area contributed by atoms with Crippen molar-refractivity contribution in [3.63, 3.8) is 0 Å². The van der Waals surface area contributed by atoms with Gasteiger partial charge in [-0.1, -0.05) is 0 Å². The molecule has 4 heteroatoms. The van der Waals surface area contributed by atoms with Crippen LogP contribution in [0.3, 0.4) is 0 Å². The van der Waals surface area contributed by atoms with Crippen molar-refractivity contribution in [3.05, 3.63) is 8.57 Å². The van der Waals surface area contributed by atoms with Gasteiger partial charge in [0, 0.05) is 0 Å². The Balaban J connectivity index is 2.66. The van der Waals surface area contributed by atoms with Gasteiger partial charge >= 0.3 is 66.6 Å². The minimum atomic E-state index is -0.578. The average Bonchev–Trinajstić information content (AvgIpc) is 2.14. The third kappa shape index (κ3) is 1.33. The minimum absolute atomic E-state index is 0.0813. The van der Waals surface area contributed by atoms with Crippen LogP contribution in [0.15, 0.2) is 11.8 Å². The molecule has 0 fully saturated rings.